The largest absolute Gasteiger partial charge is 0.439 e. The van der Waals surface area contributed by atoms with Crippen LogP contribution in [0.25, 0.3) is 22.5 Å². The summed E-state index contributed by atoms with van der Waals surface area (Å²) >= 11 is 0. The summed E-state index contributed by atoms with van der Waals surface area (Å²) in [6.07, 6.45) is -2.91. The number of rotatable bonds is 4. The van der Waals surface area contributed by atoms with Gasteiger partial charge in [0.1, 0.15) is 5.69 Å². The van der Waals surface area contributed by atoms with E-state index in [1.54, 1.807) is 18.2 Å². The number of alkyl halides is 3. The molecule has 1 aliphatic heterocycles. The predicted octanol–water partition coefficient (Wildman–Crippen LogP) is 3.86. The highest BCUT2D eigenvalue weighted by Crippen LogP contribution is 2.36. The zero-order valence-corrected chi connectivity index (χ0v) is 18.0. The van der Waals surface area contributed by atoms with Crippen LogP contribution in [-0.2, 0) is 22.6 Å². The van der Waals surface area contributed by atoms with Crippen LogP contribution < -0.4 is 10.1 Å². The summed E-state index contributed by atoms with van der Waals surface area (Å²) in [6, 6.07) is 13.2. The predicted molar refractivity (Wildman–Crippen MR) is 115 cm³/mol. The normalized spacial score (nSPS) is 13.8. The molecule has 0 amide bonds. The van der Waals surface area contributed by atoms with Gasteiger partial charge in [-0.2, -0.15) is 13.2 Å². The van der Waals surface area contributed by atoms with Crippen molar-refractivity contribution in [2.24, 2.45) is 0 Å². The molecule has 0 bridgehead atoms. The molecule has 12 heteroatoms. The second-order valence-electron chi connectivity index (χ2n) is 7.57. The minimum Gasteiger partial charge on any atom is -0.296 e. The third kappa shape index (κ3) is 3.85. The van der Waals surface area contributed by atoms with Gasteiger partial charge in [-0.25, -0.2) is 13.2 Å². The van der Waals surface area contributed by atoms with E-state index in [1.807, 2.05) is 0 Å². The number of nitrogens with one attached hydrogen (secondary N) is 1. The summed E-state index contributed by atoms with van der Waals surface area (Å²) in [7, 11) is -3.87. The fraction of sp³-hybridized carbons (Fsp3) is 0.136. The second-order valence-corrected chi connectivity index (χ2v) is 9.43. The van der Waals surface area contributed by atoms with Crippen LogP contribution >= 0.6 is 0 Å². The van der Waals surface area contributed by atoms with Crippen molar-refractivity contribution in [3.63, 3.8) is 0 Å². The molecule has 0 aliphatic carbocycles. The number of nitrogens with zero attached hydrogens (tertiary/aromatic N) is 3. The molecule has 0 saturated carbocycles. The van der Waals surface area contributed by atoms with Crippen molar-refractivity contribution in [2.45, 2.75) is 17.5 Å². The van der Waals surface area contributed by atoms with Crippen LogP contribution in [0.3, 0.4) is 0 Å². The van der Waals surface area contributed by atoms with Crippen LogP contribution in [0.4, 0.5) is 18.9 Å². The van der Waals surface area contributed by atoms with E-state index in [0.29, 0.717) is 28.8 Å². The molecule has 2 aromatic heterocycles. The lowest BCUT2D eigenvalue weighted by atomic mass is 10.0. The third-order valence-electron chi connectivity index (χ3n) is 5.48. The van der Waals surface area contributed by atoms with Crippen molar-refractivity contribution < 1.29 is 26.1 Å². The van der Waals surface area contributed by atoms with Crippen LogP contribution in [0, 0.1) is 0 Å². The third-order valence-corrected chi connectivity index (χ3v) is 7.30. The van der Waals surface area contributed by atoms with Crippen LogP contribution in [0.15, 0.2) is 75.0 Å². The molecular weight excluding hydrogens is 473 g/mol. The van der Waals surface area contributed by atoms with Crippen molar-refractivity contribution in [3.05, 3.63) is 82.6 Å². The monoisotopic (exact) mass is 488 g/mol. The number of aromatic amines is 1. The Balaban J connectivity index is 1.41. The zero-order chi connectivity index (χ0) is 24.1. The summed E-state index contributed by atoms with van der Waals surface area (Å²) in [5, 5.41) is 3.57. The van der Waals surface area contributed by atoms with E-state index in [4.69, 9.17) is 0 Å². The summed E-state index contributed by atoms with van der Waals surface area (Å²) in [5.74, 6) is -0.530. The van der Waals surface area contributed by atoms with Crippen molar-refractivity contribution in [1.29, 1.82) is 0 Å². The maximum atomic E-state index is 13.3. The number of fused-ring (bicyclic) bond motifs is 1. The number of H-pyrrole nitrogens is 1. The van der Waals surface area contributed by atoms with E-state index >= 15 is 0 Å². The van der Waals surface area contributed by atoms with Gasteiger partial charge < -0.3 is 0 Å². The molecular formula is C22H15F3N4O4S. The maximum absolute atomic E-state index is 13.3. The molecule has 2 aromatic carbocycles. The van der Waals surface area contributed by atoms with Gasteiger partial charge in [-0.3, -0.25) is 18.8 Å². The molecule has 4 aromatic rings. The van der Waals surface area contributed by atoms with Gasteiger partial charge in [0.25, 0.3) is 10.0 Å². The first-order valence-corrected chi connectivity index (χ1v) is 11.4. The van der Waals surface area contributed by atoms with Crippen LogP contribution in [0.2, 0.25) is 0 Å². The van der Waals surface area contributed by atoms with Crippen LogP contribution in [-0.4, -0.2) is 30.1 Å². The molecule has 0 radical (unpaired) electrons. The van der Waals surface area contributed by atoms with Crippen molar-refractivity contribution in [2.75, 3.05) is 10.8 Å². The lowest BCUT2D eigenvalue weighted by molar-refractivity contribution is -0.141. The molecule has 3 heterocycles. The molecule has 174 valence electrons. The van der Waals surface area contributed by atoms with E-state index in [1.165, 1.54) is 34.6 Å². The molecule has 0 spiro atoms. The van der Waals surface area contributed by atoms with Gasteiger partial charge in [0.05, 0.1) is 10.6 Å². The van der Waals surface area contributed by atoms with Gasteiger partial charge >= 0.3 is 11.9 Å². The molecule has 8 nitrogen and oxygen atoms in total. The number of anilines is 1. The van der Waals surface area contributed by atoms with E-state index in [2.05, 4.69) is 19.6 Å². The average Bonchev–Trinajstić information content (AvgIpc) is 3.45. The number of halogens is 3. The van der Waals surface area contributed by atoms with E-state index < -0.39 is 27.6 Å². The van der Waals surface area contributed by atoms with Gasteiger partial charge in [0.2, 0.25) is 0 Å². The Kier molecular flexibility index (Phi) is 5.04. The Labute approximate surface area is 190 Å². The number of sulfonamides is 1. The minimum atomic E-state index is -4.52. The highest BCUT2D eigenvalue weighted by atomic mass is 32.2. The maximum Gasteiger partial charge on any atom is 0.439 e. The van der Waals surface area contributed by atoms with Gasteiger partial charge in [0.15, 0.2) is 5.82 Å². The summed E-state index contributed by atoms with van der Waals surface area (Å²) in [5.41, 5.74) is 1.92. The number of hydrogen-bond donors (Lipinski definition) is 1. The lowest BCUT2D eigenvalue weighted by Crippen LogP contribution is -2.29. The highest BCUT2D eigenvalue weighted by Gasteiger charge is 2.33. The van der Waals surface area contributed by atoms with E-state index in [-0.39, 0.29) is 17.3 Å². The van der Waals surface area contributed by atoms with Gasteiger partial charge in [-0.15, -0.1) is 0 Å². The highest BCUT2D eigenvalue weighted by molar-refractivity contribution is 7.92. The lowest BCUT2D eigenvalue weighted by Gasteiger charge is -2.20. The Bertz CT molecular complexity index is 1530. The first kappa shape index (κ1) is 21.9. The molecule has 1 aliphatic rings. The smallest absolute Gasteiger partial charge is 0.296 e. The molecule has 5 rings (SSSR count). The van der Waals surface area contributed by atoms with Crippen molar-refractivity contribution in [3.8, 4) is 22.5 Å². The molecule has 0 fully saturated rings. The fourth-order valence-electron chi connectivity index (χ4n) is 3.80. The summed E-state index contributed by atoms with van der Waals surface area (Å²) in [6.45, 7) is 0.227. The standard InChI is InChI=1S/C22H15F3N4O4S/c23-22(24,25)19-8-4-16(12-26-19)14-3-7-18-15(11-14)9-10-29(18)34(31,32)17-5-1-13(2-6-17)20-27-21(30)33-28-20/h1-8,11-12H,9-10H2,(H,27,28,30). The van der Waals surface area contributed by atoms with E-state index in [0.717, 1.165) is 17.8 Å². The zero-order valence-electron chi connectivity index (χ0n) is 17.2. The summed E-state index contributed by atoms with van der Waals surface area (Å²) in [4.78, 5) is 17.1. The number of benzene rings is 2. The summed E-state index contributed by atoms with van der Waals surface area (Å²) < 4.78 is 70.5. The van der Waals surface area contributed by atoms with Crippen molar-refractivity contribution in [1.82, 2.24) is 15.1 Å². The average molecular weight is 488 g/mol. The molecule has 0 saturated heterocycles. The van der Waals surface area contributed by atoms with Crippen LogP contribution in [0.5, 0.6) is 0 Å². The quantitative estimate of drug-likeness (QED) is 0.467. The SMILES string of the molecule is O=c1[nH]c(-c2ccc(S(=O)(=O)N3CCc4cc(-c5ccc(C(F)(F)F)nc5)ccc43)cc2)no1. The fourth-order valence-corrected chi connectivity index (χ4v) is 5.30. The first-order valence-electron chi connectivity index (χ1n) is 9.99. The second kappa shape index (κ2) is 7.83. The van der Waals surface area contributed by atoms with Gasteiger partial charge in [-0.1, -0.05) is 17.3 Å². The Hall–Kier alpha value is -3.93. The van der Waals surface area contributed by atoms with Gasteiger partial charge in [0, 0.05) is 23.9 Å². The van der Waals surface area contributed by atoms with Crippen molar-refractivity contribution >= 4 is 15.7 Å². The number of aromatic nitrogens is 3. The van der Waals surface area contributed by atoms with E-state index in [9.17, 15) is 26.4 Å². The Morgan fingerprint density at radius 3 is 2.29 bits per heavy atom. The van der Waals surface area contributed by atoms with Gasteiger partial charge in [-0.05, 0) is 60.0 Å². The number of pyridine rings is 1. The molecule has 34 heavy (non-hydrogen) atoms. The van der Waals surface area contributed by atoms with Crippen LogP contribution in [0.1, 0.15) is 11.3 Å². The first-order chi connectivity index (χ1) is 16.1. The number of hydrogen-bond acceptors (Lipinski definition) is 6. The molecule has 0 atom stereocenters. The molecule has 0 unspecified atom stereocenters. The Morgan fingerprint density at radius 1 is 0.971 bits per heavy atom. The minimum absolute atomic E-state index is 0.0611. The molecule has 1 N–H and O–H groups in total. The Morgan fingerprint density at radius 2 is 1.68 bits per heavy atom. The topological polar surface area (TPSA) is 109 Å².